The van der Waals surface area contributed by atoms with Crippen LogP contribution >= 0.6 is 12.2 Å². The Morgan fingerprint density at radius 2 is 1.76 bits per heavy atom. The van der Waals surface area contributed by atoms with Crippen LogP contribution in [-0.4, -0.2) is 29.6 Å². The number of carbonyl (C=O) groups excluding carboxylic acids is 1. The number of rotatable bonds is 4. The van der Waals surface area contributed by atoms with Gasteiger partial charge < -0.3 is 9.64 Å². The van der Waals surface area contributed by atoms with Crippen molar-refractivity contribution in [2.45, 2.75) is 6.92 Å². The fourth-order valence-corrected chi connectivity index (χ4v) is 2.85. The van der Waals surface area contributed by atoms with Gasteiger partial charge >= 0.3 is 0 Å². The summed E-state index contributed by atoms with van der Waals surface area (Å²) >= 11 is 5.42. The molecular weight excluding hydrogens is 339 g/mol. The molecule has 1 aliphatic rings. The van der Waals surface area contributed by atoms with E-state index in [0.717, 1.165) is 11.3 Å². The number of benzene rings is 2. The fraction of sp³-hybridized carbons (Fsp3) is 0.158. The van der Waals surface area contributed by atoms with Crippen LogP contribution in [0.15, 0.2) is 54.2 Å². The number of likely N-dealkylation sites (N-methyl/N-ethyl adjacent to an activating group) is 1. The summed E-state index contributed by atoms with van der Waals surface area (Å²) in [5, 5.41) is 0.391. The van der Waals surface area contributed by atoms with E-state index in [1.807, 2.05) is 6.92 Å². The van der Waals surface area contributed by atoms with E-state index in [0.29, 0.717) is 23.1 Å². The summed E-state index contributed by atoms with van der Waals surface area (Å²) in [7, 11) is 1.74. The molecule has 0 spiro atoms. The van der Waals surface area contributed by atoms with Gasteiger partial charge in [-0.25, -0.2) is 4.39 Å². The average Bonchev–Trinajstić information content (AvgIpc) is 2.82. The highest BCUT2D eigenvalue weighted by molar-refractivity contribution is 7.80. The Labute approximate surface area is 151 Å². The van der Waals surface area contributed by atoms with Crippen molar-refractivity contribution in [1.82, 2.24) is 4.90 Å². The van der Waals surface area contributed by atoms with Crippen LogP contribution in [0.3, 0.4) is 0 Å². The number of ether oxygens (including phenoxy) is 1. The smallest absolute Gasteiger partial charge is 0.281 e. The van der Waals surface area contributed by atoms with Crippen molar-refractivity contribution in [3.8, 4) is 5.75 Å². The summed E-state index contributed by atoms with van der Waals surface area (Å²) in [6.07, 6.45) is 1.70. The zero-order chi connectivity index (χ0) is 18.0. The number of hydrogen-bond acceptors (Lipinski definition) is 3. The quantitative estimate of drug-likeness (QED) is 0.616. The second kappa shape index (κ2) is 7.03. The molecule has 2 aromatic rings. The Morgan fingerprint density at radius 3 is 2.36 bits per heavy atom. The fourth-order valence-electron chi connectivity index (χ4n) is 2.56. The van der Waals surface area contributed by atoms with Gasteiger partial charge in [0.25, 0.3) is 5.91 Å². The van der Waals surface area contributed by atoms with Gasteiger partial charge in [0.05, 0.1) is 12.3 Å². The molecular formula is C19H17FN2O2S. The molecule has 1 saturated heterocycles. The van der Waals surface area contributed by atoms with Gasteiger partial charge in [0, 0.05) is 7.05 Å². The first-order chi connectivity index (χ1) is 12.0. The summed E-state index contributed by atoms with van der Waals surface area (Å²) < 4.78 is 18.5. The predicted octanol–water partition coefficient (Wildman–Crippen LogP) is 3.83. The molecule has 128 valence electrons. The molecule has 1 heterocycles. The summed E-state index contributed by atoms with van der Waals surface area (Å²) in [4.78, 5) is 16.0. The first-order valence-corrected chi connectivity index (χ1v) is 8.24. The van der Waals surface area contributed by atoms with E-state index >= 15 is 0 Å². The van der Waals surface area contributed by atoms with Crippen LogP contribution < -0.4 is 9.64 Å². The average molecular weight is 356 g/mol. The SMILES string of the molecule is CCOc1ccc(N2C(=O)/C(=C/c3ccc(F)cc3)N(C)C2=S)cc1. The van der Waals surface area contributed by atoms with Gasteiger partial charge in [-0.2, -0.15) is 0 Å². The van der Waals surface area contributed by atoms with Crippen LogP contribution in [0.4, 0.5) is 10.1 Å². The van der Waals surface area contributed by atoms with Gasteiger partial charge in [0.2, 0.25) is 0 Å². The monoisotopic (exact) mass is 356 g/mol. The topological polar surface area (TPSA) is 32.8 Å². The molecule has 2 aromatic carbocycles. The van der Waals surface area contributed by atoms with E-state index in [4.69, 9.17) is 17.0 Å². The molecule has 25 heavy (non-hydrogen) atoms. The number of nitrogens with zero attached hydrogens (tertiary/aromatic N) is 2. The van der Waals surface area contributed by atoms with Crippen LogP contribution in [0, 0.1) is 5.82 Å². The molecule has 0 radical (unpaired) electrons. The van der Waals surface area contributed by atoms with Crippen molar-refractivity contribution in [3.05, 3.63) is 65.6 Å². The van der Waals surface area contributed by atoms with Crippen LogP contribution in [-0.2, 0) is 4.79 Å². The number of anilines is 1. The van der Waals surface area contributed by atoms with E-state index in [9.17, 15) is 9.18 Å². The zero-order valence-corrected chi connectivity index (χ0v) is 14.7. The summed E-state index contributed by atoms with van der Waals surface area (Å²) in [5.74, 6) is 0.194. The molecule has 0 atom stereocenters. The number of carbonyl (C=O) groups is 1. The highest BCUT2D eigenvalue weighted by Crippen LogP contribution is 2.29. The standard InChI is InChI=1S/C19H17FN2O2S/c1-3-24-16-10-8-15(9-11-16)22-18(23)17(21(2)19(22)25)12-13-4-6-14(20)7-5-13/h4-12H,3H2,1-2H3/b17-12-. The minimum atomic E-state index is -0.320. The number of thiocarbonyl (C=S) groups is 1. The maximum Gasteiger partial charge on any atom is 0.281 e. The van der Waals surface area contributed by atoms with E-state index in [-0.39, 0.29) is 11.7 Å². The molecule has 0 saturated carbocycles. The predicted molar refractivity (Wildman–Crippen MR) is 99.8 cm³/mol. The molecule has 0 N–H and O–H groups in total. The third-order valence-electron chi connectivity index (χ3n) is 3.84. The van der Waals surface area contributed by atoms with Crippen LogP contribution in [0.1, 0.15) is 12.5 Å². The third-order valence-corrected chi connectivity index (χ3v) is 4.30. The summed E-state index contributed by atoms with van der Waals surface area (Å²) in [6, 6.07) is 13.1. The number of halogens is 1. The Balaban J connectivity index is 1.91. The summed E-state index contributed by atoms with van der Waals surface area (Å²) in [5.41, 5.74) is 1.84. The van der Waals surface area contributed by atoms with Crippen molar-refractivity contribution < 1.29 is 13.9 Å². The molecule has 1 fully saturated rings. The molecule has 1 aliphatic heterocycles. The van der Waals surface area contributed by atoms with Crippen LogP contribution in [0.5, 0.6) is 5.75 Å². The largest absolute Gasteiger partial charge is 0.494 e. The van der Waals surface area contributed by atoms with Crippen molar-refractivity contribution in [1.29, 1.82) is 0 Å². The third kappa shape index (κ3) is 3.39. The Bertz CT molecular complexity index is 832. The second-order valence-electron chi connectivity index (χ2n) is 5.49. The summed E-state index contributed by atoms with van der Waals surface area (Å²) in [6.45, 7) is 2.49. The molecule has 6 heteroatoms. The maximum atomic E-state index is 13.0. The van der Waals surface area contributed by atoms with Crippen molar-refractivity contribution >= 4 is 35.0 Å². The molecule has 1 amide bonds. The van der Waals surface area contributed by atoms with Gasteiger partial charge in [0.1, 0.15) is 17.3 Å². The van der Waals surface area contributed by atoms with Gasteiger partial charge in [-0.15, -0.1) is 0 Å². The molecule has 0 unspecified atom stereocenters. The van der Waals surface area contributed by atoms with Gasteiger partial charge in [-0.1, -0.05) is 12.1 Å². The highest BCUT2D eigenvalue weighted by Gasteiger charge is 2.36. The minimum Gasteiger partial charge on any atom is -0.494 e. The first-order valence-electron chi connectivity index (χ1n) is 7.83. The Kier molecular flexibility index (Phi) is 4.81. The maximum absolute atomic E-state index is 13.0. The van der Waals surface area contributed by atoms with Crippen molar-refractivity contribution in [3.63, 3.8) is 0 Å². The minimum absolute atomic E-state index is 0.221. The lowest BCUT2D eigenvalue weighted by atomic mass is 10.2. The number of hydrogen-bond donors (Lipinski definition) is 0. The Morgan fingerprint density at radius 1 is 1.12 bits per heavy atom. The van der Waals surface area contributed by atoms with Gasteiger partial charge in [-0.05, 0) is 67.2 Å². The van der Waals surface area contributed by atoms with Crippen molar-refractivity contribution in [2.24, 2.45) is 0 Å². The highest BCUT2D eigenvalue weighted by atomic mass is 32.1. The lowest BCUT2D eigenvalue weighted by Gasteiger charge is -2.16. The van der Waals surface area contributed by atoms with E-state index in [1.54, 1.807) is 54.4 Å². The lowest BCUT2D eigenvalue weighted by Crippen LogP contribution is -2.31. The van der Waals surface area contributed by atoms with E-state index < -0.39 is 0 Å². The van der Waals surface area contributed by atoms with Gasteiger partial charge in [-0.3, -0.25) is 9.69 Å². The Hall–Kier alpha value is -2.73. The first kappa shape index (κ1) is 17.1. The van der Waals surface area contributed by atoms with Crippen molar-refractivity contribution in [2.75, 3.05) is 18.6 Å². The second-order valence-corrected chi connectivity index (χ2v) is 5.86. The van der Waals surface area contributed by atoms with Gasteiger partial charge in [0.15, 0.2) is 5.11 Å². The lowest BCUT2D eigenvalue weighted by molar-refractivity contribution is -0.114. The molecule has 0 bridgehead atoms. The van der Waals surface area contributed by atoms with Crippen LogP contribution in [0.2, 0.25) is 0 Å². The van der Waals surface area contributed by atoms with E-state index in [1.165, 1.54) is 17.0 Å². The molecule has 3 rings (SSSR count). The molecule has 0 aliphatic carbocycles. The molecule has 4 nitrogen and oxygen atoms in total. The molecule has 0 aromatic heterocycles. The normalized spacial score (nSPS) is 16.0. The van der Waals surface area contributed by atoms with Crippen LogP contribution in [0.25, 0.3) is 6.08 Å². The van der Waals surface area contributed by atoms with E-state index in [2.05, 4.69) is 0 Å². The number of amides is 1. The zero-order valence-electron chi connectivity index (χ0n) is 13.9.